The van der Waals surface area contributed by atoms with Crippen molar-refractivity contribution in [2.75, 3.05) is 5.32 Å². The fourth-order valence-electron chi connectivity index (χ4n) is 1.69. The van der Waals surface area contributed by atoms with Crippen molar-refractivity contribution < 1.29 is 0 Å². The quantitative estimate of drug-likeness (QED) is 0.879. The molecule has 86 valence electrons. The van der Waals surface area contributed by atoms with Crippen LogP contribution in [0.4, 0.5) is 5.69 Å². The second-order valence-corrected chi connectivity index (χ2v) is 4.84. The highest BCUT2D eigenvalue weighted by atomic mass is 32.1. The standard InChI is InChI=1S/C14H14N2S/c1-10-3-4-12(8-15)7-14(10)16-11(2)13-5-6-17-9-13/h3-7,9,11,16H,1-2H3. The SMILES string of the molecule is Cc1ccc(C#N)cc1NC(C)c1ccsc1. The minimum Gasteiger partial charge on any atom is -0.378 e. The molecule has 0 fully saturated rings. The predicted octanol–water partition coefficient (Wildman–Crippen LogP) is 4.10. The summed E-state index contributed by atoms with van der Waals surface area (Å²) in [7, 11) is 0. The average Bonchev–Trinajstić information content (AvgIpc) is 2.85. The monoisotopic (exact) mass is 242 g/mol. The summed E-state index contributed by atoms with van der Waals surface area (Å²) in [6.45, 7) is 4.17. The average molecular weight is 242 g/mol. The van der Waals surface area contributed by atoms with Gasteiger partial charge >= 0.3 is 0 Å². The topological polar surface area (TPSA) is 35.8 Å². The van der Waals surface area contributed by atoms with E-state index in [-0.39, 0.29) is 6.04 Å². The molecule has 17 heavy (non-hydrogen) atoms. The number of nitrogens with one attached hydrogen (secondary N) is 1. The molecule has 1 unspecified atom stereocenters. The second-order valence-electron chi connectivity index (χ2n) is 4.06. The Bertz CT molecular complexity index is 538. The first-order valence-corrected chi connectivity index (χ1v) is 6.44. The molecule has 0 aliphatic rings. The number of nitriles is 1. The van der Waals surface area contributed by atoms with Crippen molar-refractivity contribution in [3.63, 3.8) is 0 Å². The maximum atomic E-state index is 8.89. The molecule has 0 amide bonds. The Morgan fingerprint density at radius 2 is 2.18 bits per heavy atom. The van der Waals surface area contributed by atoms with Crippen LogP contribution in [0.25, 0.3) is 0 Å². The summed E-state index contributed by atoms with van der Waals surface area (Å²) < 4.78 is 0. The Morgan fingerprint density at radius 1 is 1.35 bits per heavy atom. The van der Waals surface area contributed by atoms with E-state index in [4.69, 9.17) is 5.26 Å². The molecule has 2 nitrogen and oxygen atoms in total. The summed E-state index contributed by atoms with van der Waals surface area (Å²) in [5.41, 5.74) is 4.15. The van der Waals surface area contributed by atoms with Crippen molar-refractivity contribution in [2.45, 2.75) is 19.9 Å². The molecule has 0 saturated heterocycles. The fraction of sp³-hybridized carbons (Fsp3) is 0.214. The molecule has 1 N–H and O–H groups in total. The highest BCUT2D eigenvalue weighted by Crippen LogP contribution is 2.24. The number of hydrogen-bond acceptors (Lipinski definition) is 3. The predicted molar refractivity (Wildman–Crippen MR) is 72.3 cm³/mol. The number of benzene rings is 1. The molecule has 0 aliphatic heterocycles. The maximum absolute atomic E-state index is 8.89. The summed E-state index contributed by atoms with van der Waals surface area (Å²) >= 11 is 1.70. The van der Waals surface area contributed by atoms with E-state index >= 15 is 0 Å². The van der Waals surface area contributed by atoms with Crippen LogP contribution in [-0.4, -0.2) is 0 Å². The van der Waals surface area contributed by atoms with Crippen molar-refractivity contribution in [3.05, 3.63) is 51.7 Å². The Kier molecular flexibility index (Phi) is 3.46. The first-order valence-electron chi connectivity index (χ1n) is 5.50. The zero-order valence-electron chi connectivity index (χ0n) is 9.90. The van der Waals surface area contributed by atoms with Gasteiger partial charge in [0.1, 0.15) is 0 Å². The maximum Gasteiger partial charge on any atom is 0.0992 e. The van der Waals surface area contributed by atoms with E-state index in [1.165, 1.54) is 5.56 Å². The molecule has 2 aromatic rings. The van der Waals surface area contributed by atoms with Crippen LogP contribution in [0, 0.1) is 18.3 Å². The van der Waals surface area contributed by atoms with Gasteiger partial charge < -0.3 is 5.32 Å². The first-order chi connectivity index (χ1) is 8.20. The summed E-state index contributed by atoms with van der Waals surface area (Å²) in [5, 5.41) is 16.6. The van der Waals surface area contributed by atoms with Gasteiger partial charge in [0.2, 0.25) is 0 Å². The van der Waals surface area contributed by atoms with E-state index in [9.17, 15) is 0 Å². The van der Waals surface area contributed by atoms with E-state index < -0.39 is 0 Å². The fourth-order valence-corrected chi connectivity index (χ4v) is 2.44. The lowest BCUT2D eigenvalue weighted by Gasteiger charge is -2.16. The van der Waals surface area contributed by atoms with Crippen LogP contribution in [0.3, 0.4) is 0 Å². The second kappa shape index (κ2) is 5.03. The van der Waals surface area contributed by atoms with E-state index in [1.54, 1.807) is 11.3 Å². The van der Waals surface area contributed by atoms with Crippen molar-refractivity contribution in [3.8, 4) is 6.07 Å². The lowest BCUT2D eigenvalue weighted by molar-refractivity contribution is 0.888. The van der Waals surface area contributed by atoms with Crippen LogP contribution in [-0.2, 0) is 0 Å². The summed E-state index contributed by atoms with van der Waals surface area (Å²) in [6.07, 6.45) is 0. The third kappa shape index (κ3) is 2.66. The molecule has 1 atom stereocenters. The van der Waals surface area contributed by atoms with Gasteiger partial charge in [-0.15, -0.1) is 0 Å². The van der Waals surface area contributed by atoms with E-state index in [2.05, 4.69) is 35.1 Å². The van der Waals surface area contributed by atoms with Crippen molar-refractivity contribution in [1.82, 2.24) is 0 Å². The third-order valence-corrected chi connectivity index (χ3v) is 3.48. The molecule has 1 heterocycles. The minimum absolute atomic E-state index is 0.258. The number of nitrogens with zero attached hydrogens (tertiary/aromatic N) is 1. The van der Waals surface area contributed by atoms with Crippen molar-refractivity contribution >= 4 is 17.0 Å². The van der Waals surface area contributed by atoms with Gasteiger partial charge in [0, 0.05) is 11.7 Å². The zero-order valence-corrected chi connectivity index (χ0v) is 10.7. The van der Waals surface area contributed by atoms with Crippen LogP contribution in [0.15, 0.2) is 35.0 Å². The Morgan fingerprint density at radius 3 is 2.82 bits per heavy atom. The Labute approximate surface area is 106 Å². The molecular weight excluding hydrogens is 228 g/mol. The molecule has 0 radical (unpaired) electrons. The summed E-state index contributed by atoms with van der Waals surface area (Å²) in [4.78, 5) is 0. The number of hydrogen-bond donors (Lipinski definition) is 1. The number of rotatable bonds is 3. The first kappa shape index (κ1) is 11.7. The van der Waals surface area contributed by atoms with Crippen LogP contribution in [0.2, 0.25) is 0 Å². The van der Waals surface area contributed by atoms with Gasteiger partial charge in [-0.3, -0.25) is 0 Å². The molecule has 3 heteroatoms. The van der Waals surface area contributed by atoms with E-state index in [1.807, 2.05) is 25.1 Å². The molecular formula is C14H14N2S. The highest BCUT2D eigenvalue weighted by molar-refractivity contribution is 7.07. The number of aryl methyl sites for hydroxylation is 1. The smallest absolute Gasteiger partial charge is 0.0992 e. The number of thiophene rings is 1. The van der Waals surface area contributed by atoms with Crippen LogP contribution < -0.4 is 5.32 Å². The summed E-state index contributed by atoms with van der Waals surface area (Å²) in [5.74, 6) is 0. The largest absolute Gasteiger partial charge is 0.378 e. The van der Waals surface area contributed by atoms with Gasteiger partial charge in [-0.2, -0.15) is 16.6 Å². The zero-order chi connectivity index (χ0) is 12.3. The summed E-state index contributed by atoms with van der Waals surface area (Å²) in [6, 6.07) is 10.3. The van der Waals surface area contributed by atoms with E-state index in [0.29, 0.717) is 5.56 Å². The molecule has 0 bridgehead atoms. The molecule has 0 spiro atoms. The van der Waals surface area contributed by atoms with Gasteiger partial charge in [0.25, 0.3) is 0 Å². The van der Waals surface area contributed by atoms with Crippen LogP contribution in [0.5, 0.6) is 0 Å². The third-order valence-electron chi connectivity index (χ3n) is 2.78. The Balaban J connectivity index is 2.21. The molecule has 1 aromatic carbocycles. The lowest BCUT2D eigenvalue weighted by Crippen LogP contribution is -2.06. The van der Waals surface area contributed by atoms with Gasteiger partial charge in [0.05, 0.1) is 11.6 Å². The Hall–Kier alpha value is -1.79. The molecule has 2 rings (SSSR count). The minimum atomic E-state index is 0.258. The van der Waals surface area contributed by atoms with Crippen LogP contribution >= 0.6 is 11.3 Å². The number of anilines is 1. The molecule has 0 saturated carbocycles. The van der Waals surface area contributed by atoms with Gasteiger partial charge in [-0.1, -0.05) is 6.07 Å². The normalized spacial score (nSPS) is 11.8. The van der Waals surface area contributed by atoms with Crippen LogP contribution in [0.1, 0.15) is 29.7 Å². The van der Waals surface area contributed by atoms with Crippen molar-refractivity contribution in [2.24, 2.45) is 0 Å². The van der Waals surface area contributed by atoms with Gasteiger partial charge in [0.15, 0.2) is 0 Å². The highest BCUT2D eigenvalue weighted by Gasteiger charge is 2.07. The van der Waals surface area contributed by atoms with Crippen molar-refractivity contribution in [1.29, 1.82) is 5.26 Å². The molecule has 0 aliphatic carbocycles. The van der Waals surface area contributed by atoms with Gasteiger partial charge in [-0.25, -0.2) is 0 Å². The van der Waals surface area contributed by atoms with Gasteiger partial charge in [-0.05, 0) is 53.9 Å². The van der Waals surface area contributed by atoms with E-state index in [0.717, 1.165) is 11.3 Å². The molecule has 1 aromatic heterocycles. The lowest BCUT2D eigenvalue weighted by atomic mass is 10.1.